The van der Waals surface area contributed by atoms with Crippen molar-refractivity contribution in [1.82, 2.24) is 5.32 Å². The summed E-state index contributed by atoms with van der Waals surface area (Å²) in [5.41, 5.74) is 0. The lowest BCUT2D eigenvalue weighted by molar-refractivity contribution is -0.125. The van der Waals surface area contributed by atoms with Gasteiger partial charge in [-0.25, -0.2) is 0 Å². The second kappa shape index (κ2) is 11.9. The molecule has 0 spiro atoms. The molecule has 17 heavy (non-hydrogen) atoms. The summed E-state index contributed by atoms with van der Waals surface area (Å²) in [4.78, 5) is 11.8. The average Bonchev–Trinajstić information content (AvgIpc) is 2.34. The number of unbranched alkanes of at least 4 members (excludes halogenated alkanes) is 1. The van der Waals surface area contributed by atoms with E-state index in [-0.39, 0.29) is 18.4 Å². The zero-order chi connectivity index (χ0) is 12.9. The highest BCUT2D eigenvalue weighted by Crippen LogP contribution is 2.12. The first-order valence-electron chi connectivity index (χ1n) is 6.72. The van der Waals surface area contributed by atoms with Crippen molar-refractivity contribution in [3.63, 3.8) is 0 Å². The highest BCUT2D eigenvalue weighted by molar-refractivity contribution is 5.78. The molecule has 102 valence electrons. The number of nitrogens with one attached hydrogen (secondary N) is 1. The van der Waals surface area contributed by atoms with Crippen LogP contribution in [0.5, 0.6) is 0 Å². The monoisotopic (exact) mass is 245 g/mol. The fourth-order valence-corrected chi connectivity index (χ4v) is 1.67. The second-order valence-electron chi connectivity index (χ2n) is 4.23. The standard InChI is InChI=1S/C13H27NO3/c1-3-5-7-12(4-2)13(16)14-8-6-10-17-11-9-15/h12,15H,3-11H2,1-2H3,(H,14,16). The average molecular weight is 245 g/mol. The number of carbonyl (C=O) groups is 1. The van der Waals surface area contributed by atoms with Crippen LogP contribution in [-0.4, -0.2) is 37.4 Å². The topological polar surface area (TPSA) is 58.6 Å². The Labute approximate surface area is 105 Å². The molecular weight excluding hydrogens is 218 g/mol. The van der Waals surface area contributed by atoms with Crippen LogP contribution in [0.15, 0.2) is 0 Å². The quantitative estimate of drug-likeness (QED) is 0.545. The first-order chi connectivity index (χ1) is 8.26. The van der Waals surface area contributed by atoms with Gasteiger partial charge in [-0.3, -0.25) is 4.79 Å². The molecule has 0 aliphatic carbocycles. The van der Waals surface area contributed by atoms with Gasteiger partial charge in [-0.05, 0) is 19.3 Å². The Balaban J connectivity index is 3.54. The van der Waals surface area contributed by atoms with Crippen LogP contribution in [-0.2, 0) is 9.53 Å². The number of amides is 1. The summed E-state index contributed by atoms with van der Waals surface area (Å²) in [5, 5.41) is 11.4. The Morgan fingerprint density at radius 3 is 2.65 bits per heavy atom. The maximum absolute atomic E-state index is 11.8. The van der Waals surface area contributed by atoms with Crippen molar-refractivity contribution < 1.29 is 14.6 Å². The van der Waals surface area contributed by atoms with E-state index in [9.17, 15) is 4.79 Å². The van der Waals surface area contributed by atoms with Gasteiger partial charge < -0.3 is 15.2 Å². The lowest BCUT2D eigenvalue weighted by Crippen LogP contribution is -2.31. The van der Waals surface area contributed by atoms with Gasteiger partial charge in [0.15, 0.2) is 0 Å². The third kappa shape index (κ3) is 9.12. The molecule has 0 aliphatic rings. The lowest BCUT2D eigenvalue weighted by atomic mass is 9.98. The third-order valence-electron chi connectivity index (χ3n) is 2.77. The molecule has 0 aliphatic heterocycles. The van der Waals surface area contributed by atoms with Crippen LogP contribution in [0.2, 0.25) is 0 Å². The maximum atomic E-state index is 11.8. The Morgan fingerprint density at radius 2 is 2.06 bits per heavy atom. The summed E-state index contributed by atoms with van der Waals surface area (Å²) in [6, 6.07) is 0. The molecule has 1 amide bonds. The van der Waals surface area contributed by atoms with E-state index in [4.69, 9.17) is 9.84 Å². The van der Waals surface area contributed by atoms with E-state index in [1.54, 1.807) is 0 Å². The van der Waals surface area contributed by atoms with Crippen molar-refractivity contribution in [2.24, 2.45) is 5.92 Å². The van der Waals surface area contributed by atoms with E-state index < -0.39 is 0 Å². The number of aliphatic hydroxyl groups excluding tert-OH is 1. The molecular formula is C13H27NO3. The summed E-state index contributed by atoms with van der Waals surface area (Å²) in [7, 11) is 0. The van der Waals surface area contributed by atoms with E-state index in [1.165, 1.54) is 0 Å². The van der Waals surface area contributed by atoms with Gasteiger partial charge >= 0.3 is 0 Å². The fraction of sp³-hybridized carbons (Fsp3) is 0.923. The molecule has 0 fully saturated rings. The molecule has 0 bridgehead atoms. The molecule has 4 heteroatoms. The third-order valence-corrected chi connectivity index (χ3v) is 2.77. The largest absolute Gasteiger partial charge is 0.394 e. The smallest absolute Gasteiger partial charge is 0.223 e. The Hall–Kier alpha value is -0.610. The lowest BCUT2D eigenvalue weighted by Gasteiger charge is -2.14. The van der Waals surface area contributed by atoms with Crippen molar-refractivity contribution >= 4 is 5.91 Å². The number of hydrogen-bond acceptors (Lipinski definition) is 3. The van der Waals surface area contributed by atoms with Crippen molar-refractivity contribution in [3.8, 4) is 0 Å². The van der Waals surface area contributed by atoms with Gasteiger partial charge in [0, 0.05) is 19.1 Å². The maximum Gasteiger partial charge on any atom is 0.223 e. The molecule has 0 saturated carbocycles. The fourth-order valence-electron chi connectivity index (χ4n) is 1.67. The summed E-state index contributed by atoms with van der Waals surface area (Å²) < 4.78 is 5.12. The van der Waals surface area contributed by atoms with Gasteiger partial charge in [0.2, 0.25) is 5.91 Å². The first-order valence-corrected chi connectivity index (χ1v) is 6.72. The SMILES string of the molecule is CCCCC(CC)C(=O)NCCCOCCO. The molecule has 0 heterocycles. The first kappa shape index (κ1) is 16.4. The van der Waals surface area contributed by atoms with Gasteiger partial charge in [-0.2, -0.15) is 0 Å². The van der Waals surface area contributed by atoms with Gasteiger partial charge in [0.05, 0.1) is 13.2 Å². The number of carbonyl (C=O) groups excluding carboxylic acids is 1. The Morgan fingerprint density at radius 1 is 1.29 bits per heavy atom. The molecule has 0 rings (SSSR count). The zero-order valence-electron chi connectivity index (χ0n) is 11.2. The van der Waals surface area contributed by atoms with Crippen molar-refractivity contribution in [3.05, 3.63) is 0 Å². The number of hydrogen-bond donors (Lipinski definition) is 2. The molecule has 0 aromatic heterocycles. The van der Waals surface area contributed by atoms with Crippen LogP contribution in [0.3, 0.4) is 0 Å². The predicted octanol–water partition coefficient (Wildman–Crippen LogP) is 1.72. The molecule has 4 nitrogen and oxygen atoms in total. The molecule has 0 saturated heterocycles. The highest BCUT2D eigenvalue weighted by Gasteiger charge is 2.14. The summed E-state index contributed by atoms with van der Waals surface area (Å²) >= 11 is 0. The van der Waals surface area contributed by atoms with Gasteiger partial charge in [0.25, 0.3) is 0 Å². The van der Waals surface area contributed by atoms with Crippen LogP contribution < -0.4 is 5.32 Å². The van der Waals surface area contributed by atoms with E-state index in [0.717, 1.165) is 32.1 Å². The number of rotatable bonds is 11. The summed E-state index contributed by atoms with van der Waals surface area (Å²) in [6.07, 6.45) is 4.95. The number of aliphatic hydroxyl groups is 1. The number of ether oxygens (including phenoxy) is 1. The van der Waals surface area contributed by atoms with E-state index in [1.807, 2.05) is 0 Å². The van der Waals surface area contributed by atoms with Crippen LogP contribution in [0.1, 0.15) is 46.0 Å². The van der Waals surface area contributed by atoms with Crippen molar-refractivity contribution in [2.45, 2.75) is 46.0 Å². The van der Waals surface area contributed by atoms with E-state index in [2.05, 4.69) is 19.2 Å². The van der Waals surface area contributed by atoms with Crippen molar-refractivity contribution in [1.29, 1.82) is 0 Å². The molecule has 2 N–H and O–H groups in total. The van der Waals surface area contributed by atoms with Crippen molar-refractivity contribution in [2.75, 3.05) is 26.4 Å². The van der Waals surface area contributed by atoms with E-state index >= 15 is 0 Å². The molecule has 1 atom stereocenters. The molecule has 0 aromatic rings. The van der Waals surface area contributed by atoms with Crippen LogP contribution in [0, 0.1) is 5.92 Å². The van der Waals surface area contributed by atoms with Gasteiger partial charge in [-0.1, -0.05) is 26.7 Å². The van der Waals surface area contributed by atoms with Crippen LogP contribution >= 0.6 is 0 Å². The second-order valence-corrected chi connectivity index (χ2v) is 4.23. The minimum atomic E-state index is 0.0568. The highest BCUT2D eigenvalue weighted by atomic mass is 16.5. The van der Waals surface area contributed by atoms with Crippen LogP contribution in [0.4, 0.5) is 0 Å². The normalized spacial score (nSPS) is 12.4. The summed E-state index contributed by atoms with van der Waals surface area (Å²) in [5.74, 6) is 0.330. The zero-order valence-corrected chi connectivity index (χ0v) is 11.2. The molecule has 0 aromatic carbocycles. The van der Waals surface area contributed by atoms with E-state index in [0.29, 0.717) is 19.8 Å². The van der Waals surface area contributed by atoms with Crippen LogP contribution in [0.25, 0.3) is 0 Å². The molecule has 0 radical (unpaired) electrons. The van der Waals surface area contributed by atoms with Gasteiger partial charge in [0.1, 0.15) is 0 Å². The minimum absolute atomic E-state index is 0.0568. The summed E-state index contributed by atoms with van der Waals surface area (Å²) in [6.45, 7) is 5.89. The Bertz CT molecular complexity index is 186. The van der Waals surface area contributed by atoms with Gasteiger partial charge in [-0.15, -0.1) is 0 Å². The molecule has 1 unspecified atom stereocenters. The Kier molecular flexibility index (Phi) is 11.4. The predicted molar refractivity (Wildman–Crippen MR) is 68.8 cm³/mol. The minimum Gasteiger partial charge on any atom is -0.394 e.